The van der Waals surface area contributed by atoms with Crippen LogP contribution >= 0.6 is 0 Å². The highest BCUT2D eigenvalue weighted by molar-refractivity contribution is 7.92. The van der Waals surface area contributed by atoms with Gasteiger partial charge in [-0.05, 0) is 86.7 Å². The SMILES string of the molecule is Cc1cc(C)cc(N(CC(=O)N(Cc2ccccc2C)[C@H](Cc2ccccc2)C(=O)NC(C)C)S(=O)(=O)c2ccccc2)c1. The largest absolute Gasteiger partial charge is 0.352 e. The highest BCUT2D eigenvalue weighted by Gasteiger charge is 2.35. The Morgan fingerprint density at radius 2 is 1.34 bits per heavy atom. The van der Waals surface area contributed by atoms with Crippen molar-refractivity contribution in [3.63, 3.8) is 0 Å². The van der Waals surface area contributed by atoms with Crippen molar-refractivity contribution in [3.05, 3.63) is 131 Å². The molecule has 0 bridgehead atoms. The first-order valence-electron chi connectivity index (χ1n) is 14.8. The number of rotatable bonds is 12. The van der Waals surface area contributed by atoms with Gasteiger partial charge in [0.25, 0.3) is 10.0 Å². The molecule has 4 aromatic carbocycles. The van der Waals surface area contributed by atoms with Crippen LogP contribution < -0.4 is 9.62 Å². The first kappa shape index (κ1) is 32.5. The highest BCUT2D eigenvalue weighted by atomic mass is 32.2. The van der Waals surface area contributed by atoms with Crippen molar-refractivity contribution in [1.82, 2.24) is 10.2 Å². The van der Waals surface area contributed by atoms with E-state index in [4.69, 9.17) is 0 Å². The van der Waals surface area contributed by atoms with E-state index in [0.29, 0.717) is 5.69 Å². The third-order valence-corrected chi connectivity index (χ3v) is 9.20. The molecule has 0 saturated heterocycles. The minimum atomic E-state index is -4.14. The molecule has 0 aromatic heterocycles. The van der Waals surface area contributed by atoms with E-state index in [2.05, 4.69) is 5.32 Å². The fourth-order valence-electron chi connectivity index (χ4n) is 5.25. The molecular formula is C36H41N3O4S. The molecule has 0 radical (unpaired) electrons. The molecule has 0 heterocycles. The molecule has 0 fully saturated rings. The number of carbonyl (C=O) groups excluding carboxylic acids is 2. The van der Waals surface area contributed by atoms with Gasteiger partial charge in [-0.1, -0.05) is 78.9 Å². The van der Waals surface area contributed by atoms with Gasteiger partial charge in [-0.2, -0.15) is 0 Å². The first-order valence-corrected chi connectivity index (χ1v) is 16.2. The van der Waals surface area contributed by atoms with Gasteiger partial charge >= 0.3 is 0 Å². The summed E-state index contributed by atoms with van der Waals surface area (Å²) in [5, 5.41) is 2.99. The molecule has 230 valence electrons. The molecule has 0 unspecified atom stereocenters. The van der Waals surface area contributed by atoms with Gasteiger partial charge in [0.2, 0.25) is 11.8 Å². The molecule has 1 N–H and O–H groups in total. The predicted molar refractivity (Wildman–Crippen MR) is 176 cm³/mol. The van der Waals surface area contributed by atoms with Crippen molar-refractivity contribution in [2.75, 3.05) is 10.8 Å². The smallest absolute Gasteiger partial charge is 0.264 e. The van der Waals surface area contributed by atoms with Crippen LogP contribution in [-0.2, 0) is 32.6 Å². The molecule has 2 amide bonds. The first-order chi connectivity index (χ1) is 21.0. The fourth-order valence-corrected chi connectivity index (χ4v) is 6.67. The molecule has 0 aliphatic carbocycles. The second-order valence-electron chi connectivity index (χ2n) is 11.5. The summed E-state index contributed by atoms with van der Waals surface area (Å²) in [5.74, 6) is -0.776. The van der Waals surface area contributed by atoms with Gasteiger partial charge in [0.1, 0.15) is 12.6 Å². The Morgan fingerprint density at radius 1 is 0.773 bits per heavy atom. The molecule has 0 aliphatic rings. The topological polar surface area (TPSA) is 86.8 Å². The Balaban J connectivity index is 1.83. The second-order valence-corrected chi connectivity index (χ2v) is 13.3. The van der Waals surface area contributed by atoms with Crippen molar-refractivity contribution in [2.45, 2.75) is 64.6 Å². The maximum atomic E-state index is 14.6. The van der Waals surface area contributed by atoms with Gasteiger partial charge in [0.15, 0.2) is 0 Å². The van der Waals surface area contributed by atoms with Gasteiger partial charge in [0, 0.05) is 19.0 Å². The molecule has 1 atom stereocenters. The summed E-state index contributed by atoms with van der Waals surface area (Å²) in [7, 11) is -4.14. The Kier molecular flexibility index (Phi) is 10.6. The number of nitrogens with zero attached hydrogens (tertiary/aromatic N) is 2. The standard InChI is InChI=1S/C36H41N3O4S/c1-26(2)37-36(41)34(23-30-15-8-6-9-16-30)38(24-31-17-13-12-14-29(31)5)35(40)25-39(32-21-27(3)20-28(4)22-32)44(42,43)33-18-10-7-11-19-33/h6-22,26,34H,23-25H2,1-5H3,(H,37,41)/t34-/m1/s1. The Morgan fingerprint density at radius 3 is 1.93 bits per heavy atom. The van der Waals surface area contributed by atoms with Crippen molar-refractivity contribution in [1.29, 1.82) is 0 Å². The molecular weight excluding hydrogens is 570 g/mol. The average Bonchev–Trinajstić information content (AvgIpc) is 2.98. The molecule has 0 spiro atoms. The number of nitrogens with one attached hydrogen (secondary N) is 1. The Bertz CT molecular complexity index is 1670. The molecule has 8 heteroatoms. The third-order valence-electron chi connectivity index (χ3n) is 7.41. The van der Waals surface area contributed by atoms with E-state index >= 15 is 0 Å². The quantitative estimate of drug-likeness (QED) is 0.214. The van der Waals surface area contributed by atoms with Crippen LogP contribution in [0.4, 0.5) is 5.69 Å². The van der Waals surface area contributed by atoms with Gasteiger partial charge in [-0.3, -0.25) is 13.9 Å². The summed E-state index contributed by atoms with van der Waals surface area (Å²) in [6, 6.07) is 29.8. The van der Waals surface area contributed by atoms with Gasteiger partial charge in [-0.25, -0.2) is 8.42 Å². The van der Waals surface area contributed by atoms with Crippen LogP contribution in [0.1, 0.15) is 41.7 Å². The van der Waals surface area contributed by atoms with E-state index in [1.807, 2.05) is 95.3 Å². The third kappa shape index (κ3) is 8.14. The number of sulfonamides is 1. The molecule has 0 saturated carbocycles. The van der Waals surface area contributed by atoms with Gasteiger partial charge in [0.05, 0.1) is 10.6 Å². The zero-order valence-electron chi connectivity index (χ0n) is 26.0. The highest BCUT2D eigenvalue weighted by Crippen LogP contribution is 2.27. The monoisotopic (exact) mass is 611 g/mol. The van der Waals surface area contributed by atoms with Gasteiger partial charge in [-0.15, -0.1) is 0 Å². The van der Waals surface area contributed by atoms with Crippen molar-refractivity contribution >= 4 is 27.5 Å². The lowest BCUT2D eigenvalue weighted by atomic mass is 10.0. The van der Waals surface area contributed by atoms with E-state index in [0.717, 1.165) is 32.1 Å². The number of hydrogen-bond donors (Lipinski definition) is 1. The van der Waals surface area contributed by atoms with E-state index < -0.39 is 28.5 Å². The Hall–Kier alpha value is -4.43. The number of anilines is 1. The van der Waals surface area contributed by atoms with Crippen molar-refractivity contribution in [2.24, 2.45) is 0 Å². The molecule has 4 aromatic rings. The summed E-state index contributed by atoms with van der Waals surface area (Å²) in [4.78, 5) is 30.0. The van der Waals surface area contributed by atoms with Crippen molar-refractivity contribution in [3.8, 4) is 0 Å². The maximum Gasteiger partial charge on any atom is 0.264 e. The summed E-state index contributed by atoms with van der Waals surface area (Å²) in [6.07, 6.45) is 0.270. The fraction of sp³-hybridized carbons (Fsp3) is 0.278. The minimum Gasteiger partial charge on any atom is -0.352 e. The van der Waals surface area contributed by atoms with E-state index in [9.17, 15) is 18.0 Å². The van der Waals surface area contributed by atoms with Crippen LogP contribution in [0.15, 0.2) is 108 Å². The number of benzene rings is 4. The van der Waals surface area contributed by atoms with Crippen LogP contribution in [0.5, 0.6) is 0 Å². The summed E-state index contributed by atoms with van der Waals surface area (Å²) < 4.78 is 29.4. The van der Waals surface area contributed by atoms with Gasteiger partial charge < -0.3 is 10.2 Å². The van der Waals surface area contributed by atoms with Crippen LogP contribution in [0.25, 0.3) is 0 Å². The lowest BCUT2D eigenvalue weighted by molar-refractivity contribution is -0.140. The number of amides is 2. The molecule has 0 aliphatic heterocycles. The summed E-state index contributed by atoms with van der Waals surface area (Å²) >= 11 is 0. The maximum absolute atomic E-state index is 14.6. The van der Waals surface area contributed by atoms with Crippen LogP contribution in [0.2, 0.25) is 0 Å². The lowest BCUT2D eigenvalue weighted by Gasteiger charge is -2.34. The van der Waals surface area contributed by atoms with Crippen molar-refractivity contribution < 1.29 is 18.0 Å². The zero-order valence-corrected chi connectivity index (χ0v) is 26.8. The Labute approximate surface area is 261 Å². The van der Waals surface area contributed by atoms with E-state index in [1.165, 1.54) is 17.0 Å². The number of aryl methyl sites for hydroxylation is 3. The lowest BCUT2D eigenvalue weighted by Crippen LogP contribution is -2.54. The number of carbonyl (C=O) groups is 2. The van der Waals surface area contributed by atoms with Crippen LogP contribution in [0.3, 0.4) is 0 Å². The molecule has 7 nitrogen and oxygen atoms in total. The summed E-state index contributed by atoms with van der Waals surface area (Å²) in [6.45, 7) is 9.15. The normalized spacial score (nSPS) is 12.0. The predicted octanol–water partition coefficient (Wildman–Crippen LogP) is 5.97. The minimum absolute atomic E-state index is 0.0794. The average molecular weight is 612 g/mol. The van der Waals surface area contributed by atoms with E-state index in [1.54, 1.807) is 30.3 Å². The number of hydrogen-bond acceptors (Lipinski definition) is 4. The molecule has 44 heavy (non-hydrogen) atoms. The van der Waals surface area contributed by atoms with Crippen LogP contribution in [0, 0.1) is 20.8 Å². The van der Waals surface area contributed by atoms with Crippen LogP contribution in [-0.4, -0.2) is 43.8 Å². The summed E-state index contributed by atoms with van der Waals surface area (Å²) in [5.41, 5.74) is 4.87. The zero-order chi connectivity index (χ0) is 31.9. The van der Waals surface area contributed by atoms with E-state index in [-0.39, 0.29) is 29.8 Å². The second kappa shape index (κ2) is 14.4. The molecule has 4 rings (SSSR count).